The minimum Gasteiger partial charge on any atom is -0.374 e. The lowest BCUT2D eigenvalue weighted by Gasteiger charge is -2.33. The summed E-state index contributed by atoms with van der Waals surface area (Å²) >= 11 is 0. The maximum absolute atomic E-state index is 13.7. The number of piperidine rings is 1. The molecule has 0 spiro atoms. The van der Waals surface area contributed by atoms with Crippen molar-refractivity contribution < 1.29 is 19.1 Å². The first kappa shape index (κ1) is 34.8. The molecule has 46 heavy (non-hydrogen) atoms. The van der Waals surface area contributed by atoms with Gasteiger partial charge in [-0.1, -0.05) is 74.5 Å². The van der Waals surface area contributed by atoms with Gasteiger partial charge in [0.2, 0.25) is 11.8 Å². The number of aromatic nitrogens is 2. The van der Waals surface area contributed by atoms with Gasteiger partial charge in [0.15, 0.2) is 5.82 Å². The first-order valence-electron chi connectivity index (χ1n) is 16.5. The van der Waals surface area contributed by atoms with E-state index in [2.05, 4.69) is 22.5 Å². The summed E-state index contributed by atoms with van der Waals surface area (Å²) in [6, 6.07) is 18.7. The fourth-order valence-electron chi connectivity index (χ4n) is 5.63. The van der Waals surface area contributed by atoms with Crippen molar-refractivity contribution >= 4 is 23.5 Å². The van der Waals surface area contributed by atoms with E-state index in [0.717, 1.165) is 49.3 Å². The number of hydrogen-bond donors (Lipinski definition) is 3. The molecule has 4 rings (SSSR count). The minimum atomic E-state index is -1.17. The van der Waals surface area contributed by atoms with Crippen molar-refractivity contribution in [3.63, 3.8) is 0 Å². The number of amides is 3. The van der Waals surface area contributed by atoms with Crippen LogP contribution in [0, 0.1) is 5.92 Å². The van der Waals surface area contributed by atoms with Gasteiger partial charge in [0.25, 0.3) is 5.91 Å². The van der Waals surface area contributed by atoms with E-state index in [0.29, 0.717) is 37.7 Å². The van der Waals surface area contributed by atoms with Gasteiger partial charge >= 0.3 is 0 Å². The number of carbonyl (C=O) groups is 3. The van der Waals surface area contributed by atoms with E-state index >= 15 is 0 Å². The Kier molecular flexibility index (Phi) is 12.5. The predicted octanol–water partition coefficient (Wildman–Crippen LogP) is 4.65. The lowest BCUT2D eigenvalue weighted by atomic mass is 9.91. The quantitative estimate of drug-likeness (QED) is 0.224. The van der Waals surface area contributed by atoms with Crippen LogP contribution in [0.25, 0.3) is 0 Å². The molecular weight excluding hydrogens is 580 g/mol. The number of aryl methyl sites for hydroxylation is 2. The molecule has 2 atom stereocenters. The molecule has 3 aromatic rings. The molecule has 2 heterocycles. The summed E-state index contributed by atoms with van der Waals surface area (Å²) in [4.78, 5) is 46.4. The van der Waals surface area contributed by atoms with Crippen LogP contribution >= 0.6 is 0 Å². The molecule has 1 unspecified atom stereocenters. The van der Waals surface area contributed by atoms with Crippen molar-refractivity contribution in [3.05, 3.63) is 83.8 Å². The number of rotatable bonds is 15. The summed E-state index contributed by atoms with van der Waals surface area (Å²) in [6.45, 7) is 9.98. The summed E-state index contributed by atoms with van der Waals surface area (Å²) in [5.41, 5.74) is 6.83. The third kappa shape index (κ3) is 9.99. The van der Waals surface area contributed by atoms with E-state index < -0.39 is 23.4 Å². The number of nitrogens with one attached hydrogen (secondary N) is 2. The molecule has 3 amide bonds. The van der Waals surface area contributed by atoms with E-state index in [1.165, 1.54) is 0 Å². The Morgan fingerprint density at radius 3 is 2.33 bits per heavy atom. The number of ether oxygens (including phenoxy) is 1. The van der Waals surface area contributed by atoms with Gasteiger partial charge in [-0.25, -0.2) is 4.98 Å². The standard InChI is InChI=1S/C36H50N6O4/c1-5-32-39-31(40-33(43)30(38-35(45)36(3,4)37)25-46-24-27-13-8-6-9-14-27)23-42(32)20-12-17-29(28-15-10-7-11-16-28)34(44)41-21-18-26(2)19-22-41/h6-11,13-16,23,26,29-30H,5,12,17-22,24-25,37H2,1-4H3,(H,38,45)(H,40,43)/t29?,30-/m1/s1. The highest BCUT2D eigenvalue weighted by molar-refractivity contribution is 5.98. The van der Waals surface area contributed by atoms with Crippen LogP contribution in [0.3, 0.4) is 0 Å². The maximum Gasteiger partial charge on any atom is 0.250 e. The second-order valence-corrected chi connectivity index (χ2v) is 12.9. The number of imidazole rings is 1. The lowest BCUT2D eigenvalue weighted by molar-refractivity contribution is -0.134. The number of likely N-dealkylation sites (tertiary alicyclic amines) is 1. The third-order valence-electron chi connectivity index (χ3n) is 8.52. The Bertz CT molecular complexity index is 1410. The number of carbonyl (C=O) groups excluding carboxylic acids is 3. The van der Waals surface area contributed by atoms with Crippen molar-refractivity contribution in [1.82, 2.24) is 19.8 Å². The Morgan fingerprint density at radius 1 is 1.04 bits per heavy atom. The minimum absolute atomic E-state index is 0.0330. The van der Waals surface area contributed by atoms with Crippen molar-refractivity contribution in [2.24, 2.45) is 11.7 Å². The highest BCUT2D eigenvalue weighted by Crippen LogP contribution is 2.27. The Labute approximate surface area is 273 Å². The van der Waals surface area contributed by atoms with Gasteiger partial charge in [-0.05, 0) is 56.6 Å². The zero-order valence-corrected chi connectivity index (χ0v) is 27.7. The second kappa shape index (κ2) is 16.5. The molecule has 10 nitrogen and oxygen atoms in total. The molecule has 2 aromatic carbocycles. The molecule has 0 bridgehead atoms. The third-order valence-corrected chi connectivity index (χ3v) is 8.52. The molecule has 1 aromatic heterocycles. The molecule has 0 saturated carbocycles. The molecular formula is C36H50N6O4. The van der Waals surface area contributed by atoms with Gasteiger partial charge in [0.1, 0.15) is 11.9 Å². The number of nitrogens with two attached hydrogens (primary N) is 1. The largest absolute Gasteiger partial charge is 0.374 e. The van der Waals surface area contributed by atoms with Crippen LogP contribution in [-0.2, 0) is 38.7 Å². The van der Waals surface area contributed by atoms with Crippen molar-refractivity contribution in [2.75, 3.05) is 25.0 Å². The number of anilines is 1. The zero-order chi connectivity index (χ0) is 33.1. The highest BCUT2D eigenvalue weighted by atomic mass is 16.5. The average molecular weight is 631 g/mol. The normalized spacial score (nSPS) is 15.3. The molecule has 1 aliphatic heterocycles. The van der Waals surface area contributed by atoms with Crippen LogP contribution in [0.1, 0.15) is 76.2 Å². The molecule has 1 saturated heterocycles. The van der Waals surface area contributed by atoms with Gasteiger partial charge in [-0.15, -0.1) is 0 Å². The maximum atomic E-state index is 13.7. The average Bonchev–Trinajstić information content (AvgIpc) is 3.44. The second-order valence-electron chi connectivity index (χ2n) is 12.9. The fraction of sp³-hybridized carbons (Fsp3) is 0.500. The molecule has 1 aliphatic rings. The summed E-state index contributed by atoms with van der Waals surface area (Å²) < 4.78 is 7.85. The van der Waals surface area contributed by atoms with E-state index in [-0.39, 0.29) is 18.4 Å². The van der Waals surface area contributed by atoms with Crippen molar-refractivity contribution in [3.8, 4) is 0 Å². The Balaban J connectivity index is 1.40. The molecule has 0 radical (unpaired) electrons. The first-order valence-corrected chi connectivity index (χ1v) is 16.5. The van der Waals surface area contributed by atoms with Gasteiger partial charge in [-0.3, -0.25) is 14.4 Å². The van der Waals surface area contributed by atoms with Crippen LogP contribution in [0.2, 0.25) is 0 Å². The molecule has 248 valence electrons. The molecule has 1 fully saturated rings. The van der Waals surface area contributed by atoms with E-state index in [4.69, 9.17) is 10.5 Å². The van der Waals surface area contributed by atoms with Gasteiger partial charge in [-0.2, -0.15) is 0 Å². The summed E-state index contributed by atoms with van der Waals surface area (Å²) in [5, 5.41) is 5.59. The van der Waals surface area contributed by atoms with Crippen LogP contribution < -0.4 is 16.4 Å². The van der Waals surface area contributed by atoms with Gasteiger partial charge in [0, 0.05) is 32.3 Å². The fourth-order valence-corrected chi connectivity index (χ4v) is 5.63. The van der Waals surface area contributed by atoms with Gasteiger partial charge in [0.05, 0.1) is 24.7 Å². The van der Waals surface area contributed by atoms with Crippen LogP contribution in [0.15, 0.2) is 66.9 Å². The number of nitrogens with zero attached hydrogens (tertiary/aromatic N) is 3. The number of benzene rings is 2. The SMILES string of the molecule is CCc1nc(NC(=O)[C@@H](COCc2ccccc2)NC(=O)C(C)(C)N)cn1CCCC(C(=O)N1CCC(C)CC1)c1ccccc1. The topological polar surface area (TPSA) is 132 Å². The molecule has 0 aliphatic carbocycles. The monoisotopic (exact) mass is 630 g/mol. The summed E-state index contributed by atoms with van der Waals surface area (Å²) in [7, 11) is 0. The van der Waals surface area contributed by atoms with Crippen LogP contribution in [0.5, 0.6) is 0 Å². The smallest absolute Gasteiger partial charge is 0.250 e. The van der Waals surface area contributed by atoms with E-state index in [9.17, 15) is 14.4 Å². The molecule has 4 N–H and O–H groups in total. The van der Waals surface area contributed by atoms with Gasteiger partial charge < -0.3 is 30.6 Å². The van der Waals surface area contributed by atoms with E-state index in [1.54, 1.807) is 13.8 Å². The first-order chi connectivity index (χ1) is 22.0. The van der Waals surface area contributed by atoms with E-state index in [1.807, 2.05) is 83.3 Å². The Hall–Kier alpha value is -4.02. The molecule has 10 heteroatoms. The Morgan fingerprint density at radius 2 is 1.70 bits per heavy atom. The predicted molar refractivity (Wildman–Crippen MR) is 180 cm³/mol. The van der Waals surface area contributed by atoms with Crippen molar-refractivity contribution in [1.29, 1.82) is 0 Å². The zero-order valence-electron chi connectivity index (χ0n) is 27.7. The number of hydrogen-bond acceptors (Lipinski definition) is 6. The van der Waals surface area contributed by atoms with Crippen molar-refractivity contribution in [2.45, 2.75) is 90.4 Å². The van der Waals surface area contributed by atoms with Crippen LogP contribution in [-0.4, -0.2) is 63.4 Å². The summed E-state index contributed by atoms with van der Waals surface area (Å²) in [5.74, 6) is 0.982. The summed E-state index contributed by atoms with van der Waals surface area (Å²) in [6.07, 6.45) is 6.06. The highest BCUT2D eigenvalue weighted by Gasteiger charge is 2.30. The van der Waals surface area contributed by atoms with Crippen LogP contribution in [0.4, 0.5) is 5.82 Å². The lowest BCUT2D eigenvalue weighted by Crippen LogP contribution is -2.56.